The lowest BCUT2D eigenvalue weighted by Crippen LogP contribution is -2.27. The van der Waals surface area contributed by atoms with Gasteiger partial charge in [-0.25, -0.2) is 0 Å². The lowest BCUT2D eigenvalue weighted by atomic mass is 10.2. The third kappa shape index (κ3) is 4.36. The van der Waals surface area contributed by atoms with Gasteiger partial charge in [-0.15, -0.1) is 0 Å². The number of ether oxygens (including phenoxy) is 1. The predicted octanol–water partition coefficient (Wildman–Crippen LogP) is 1.57. The van der Waals surface area contributed by atoms with Crippen LogP contribution in [0, 0.1) is 0 Å². The molecule has 0 aliphatic carbocycles. The summed E-state index contributed by atoms with van der Waals surface area (Å²) in [5, 5.41) is 0. The highest BCUT2D eigenvalue weighted by Gasteiger charge is 2.03. The van der Waals surface area contributed by atoms with Gasteiger partial charge < -0.3 is 19.9 Å². The zero-order valence-electron chi connectivity index (χ0n) is 12.5. The number of hydrogen-bond acceptors (Lipinski definition) is 4. The van der Waals surface area contributed by atoms with Gasteiger partial charge in [0.2, 0.25) is 0 Å². The van der Waals surface area contributed by atoms with E-state index in [1.807, 2.05) is 25.2 Å². The van der Waals surface area contributed by atoms with Crippen LogP contribution in [0.15, 0.2) is 47.4 Å². The van der Waals surface area contributed by atoms with Crippen molar-refractivity contribution in [1.82, 2.24) is 9.47 Å². The Morgan fingerprint density at radius 3 is 2.86 bits per heavy atom. The van der Waals surface area contributed by atoms with Gasteiger partial charge in [-0.05, 0) is 30.8 Å². The van der Waals surface area contributed by atoms with Crippen LogP contribution in [-0.4, -0.2) is 30.2 Å². The van der Waals surface area contributed by atoms with Gasteiger partial charge in [0.15, 0.2) is 0 Å². The van der Waals surface area contributed by atoms with E-state index in [0.717, 1.165) is 18.8 Å². The fourth-order valence-electron chi connectivity index (χ4n) is 2.16. The third-order valence-electron chi connectivity index (χ3n) is 3.32. The molecule has 0 saturated carbocycles. The van der Waals surface area contributed by atoms with Crippen molar-refractivity contribution in [1.29, 1.82) is 0 Å². The highest BCUT2D eigenvalue weighted by molar-refractivity contribution is 5.33. The van der Waals surface area contributed by atoms with Crippen molar-refractivity contribution in [3.05, 3.63) is 58.5 Å². The maximum Gasteiger partial charge on any atom is 0.250 e. The second kappa shape index (κ2) is 6.95. The van der Waals surface area contributed by atoms with Crippen molar-refractivity contribution in [2.45, 2.75) is 13.1 Å². The third-order valence-corrected chi connectivity index (χ3v) is 3.32. The number of nitrogens with two attached hydrogens (primary N) is 1. The Kier molecular flexibility index (Phi) is 5.00. The molecule has 0 aliphatic rings. The topological polar surface area (TPSA) is 60.5 Å². The van der Waals surface area contributed by atoms with E-state index in [-0.39, 0.29) is 5.56 Å². The first-order valence-electron chi connectivity index (χ1n) is 6.86. The molecule has 0 saturated heterocycles. The van der Waals surface area contributed by atoms with Crippen LogP contribution in [-0.2, 0) is 13.1 Å². The first kappa shape index (κ1) is 15.1. The highest BCUT2D eigenvalue weighted by Crippen LogP contribution is 2.13. The average Bonchev–Trinajstić information content (AvgIpc) is 2.48. The van der Waals surface area contributed by atoms with Gasteiger partial charge in [-0.3, -0.25) is 4.79 Å². The van der Waals surface area contributed by atoms with E-state index in [1.54, 1.807) is 23.9 Å². The summed E-state index contributed by atoms with van der Waals surface area (Å²) in [6.45, 7) is 2.18. The molecule has 0 atom stereocenters. The zero-order chi connectivity index (χ0) is 15.2. The molecule has 0 aliphatic heterocycles. The molecule has 1 aromatic carbocycles. The Morgan fingerprint density at radius 2 is 2.10 bits per heavy atom. The number of hydrogen-bond donors (Lipinski definition) is 1. The lowest BCUT2D eigenvalue weighted by molar-refractivity contribution is 0.309. The normalized spacial score (nSPS) is 10.8. The van der Waals surface area contributed by atoms with Crippen LogP contribution in [0.25, 0.3) is 0 Å². The van der Waals surface area contributed by atoms with E-state index in [9.17, 15) is 4.79 Å². The molecule has 0 spiro atoms. The standard InChI is InChI=1S/C16H21N3O2/c1-18(11-13-4-3-5-15(10-13)21-2)8-9-19-12-14(17)6-7-16(19)20/h3-7,10,12H,8-9,11,17H2,1-2H3. The van der Waals surface area contributed by atoms with Gasteiger partial charge in [0.05, 0.1) is 7.11 Å². The molecule has 2 N–H and O–H groups in total. The highest BCUT2D eigenvalue weighted by atomic mass is 16.5. The fraction of sp³-hybridized carbons (Fsp3) is 0.312. The number of pyridine rings is 1. The molecular formula is C16H21N3O2. The summed E-state index contributed by atoms with van der Waals surface area (Å²) in [4.78, 5) is 13.9. The number of nitrogens with zero attached hydrogens (tertiary/aromatic N) is 2. The van der Waals surface area contributed by atoms with Crippen LogP contribution >= 0.6 is 0 Å². The minimum atomic E-state index is -0.0287. The van der Waals surface area contributed by atoms with Crippen LogP contribution < -0.4 is 16.0 Å². The van der Waals surface area contributed by atoms with E-state index in [0.29, 0.717) is 12.2 Å². The molecular weight excluding hydrogens is 266 g/mol. The van der Waals surface area contributed by atoms with Crippen LogP contribution in [0.3, 0.4) is 0 Å². The van der Waals surface area contributed by atoms with E-state index in [2.05, 4.69) is 11.0 Å². The lowest BCUT2D eigenvalue weighted by Gasteiger charge is -2.18. The fourth-order valence-corrected chi connectivity index (χ4v) is 2.16. The van der Waals surface area contributed by atoms with E-state index in [4.69, 9.17) is 10.5 Å². The molecule has 0 unspecified atom stereocenters. The summed E-state index contributed by atoms with van der Waals surface area (Å²) < 4.78 is 6.85. The summed E-state index contributed by atoms with van der Waals surface area (Å²) in [7, 11) is 3.69. The first-order chi connectivity index (χ1) is 10.1. The molecule has 5 heteroatoms. The van der Waals surface area contributed by atoms with Crippen LogP contribution in [0.2, 0.25) is 0 Å². The zero-order valence-corrected chi connectivity index (χ0v) is 12.5. The van der Waals surface area contributed by atoms with Gasteiger partial charge in [0.1, 0.15) is 5.75 Å². The largest absolute Gasteiger partial charge is 0.497 e. The smallest absolute Gasteiger partial charge is 0.250 e. The number of aromatic nitrogens is 1. The van der Waals surface area contributed by atoms with Gasteiger partial charge in [-0.2, -0.15) is 0 Å². The molecule has 1 heterocycles. The molecule has 0 bridgehead atoms. The van der Waals surface area contributed by atoms with Gasteiger partial charge in [0.25, 0.3) is 5.56 Å². The van der Waals surface area contributed by atoms with E-state index in [1.165, 1.54) is 11.6 Å². The molecule has 21 heavy (non-hydrogen) atoms. The minimum absolute atomic E-state index is 0.0287. The predicted molar refractivity (Wildman–Crippen MR) is 84.4 cm³/mol. The maximum absolute atomic E-state index is 11.7. The summed E-state index contributed by atoms with van der Waals surface area (Å²) in [5.41, 5.74) is 7.45. The molecule has 112 valence electrons. The maximum atomic E-state index is 11.7. The SMILES string of the molecule is COc1cccc(CN(C)CCn2cc(N)ccc2=O)c1. The summed E-state index contributed by atoms with van der Waals surface area (Å²) in [5.74, 6) is 0.855. The van der Waals surface area contributed by atoms with Crippen molar-refractivity contribution < 1.29 is 4.74 Å². The van der Waals surface area contributed by atoms with Crippen LogP contribution in [0.1, 0.15) is 5.56 Å². The Hall–Kier alpha value is -2.27. The van der Waals surface area contributed by atoms with Gasteiger partial charge >= 0.3 is 0 Å². The summed E-state index contributed by atoms with van der Waals surface area (Å²) >= 11 is 0. The molecule has 2 rings (SSSR count). The van der Waals surface area contributed by atoms with Crippen LogP contribution in [0.5, 0.6) is 5.75 Å². The Labute approximate surface area is 124 Å². The van der Waals surface area contributed by atoms with Crippen molar-refractivity contribution in [3.63, 3.8) is 0 Å². The molecule has 5 nitrogen and oxygen atoms in total. The van der Waals surface area contributed by atoms with Crippen molar-refractivity contribution in [3.8, 4) is 5.75 Å². The van der Waals surface area contributed by atoms with E-state index < -0.39 is 0 Å². The van der Waals surface area contributed by atoms with Crippen molar-refractivity contribution in [2.75, 3.05) is 26.4 Å². The van der Waals surface area contributed by atoms with Crippen molar-refractivity contribution >= 4 is 5.69 Å². The number of rotatable bonds is 6. The Morgan fingerprint density at radius 1 is 1.29 bits per heavy atom. The summed E-state index contributed by atoms with van der Waals surface area (Å²) in [6, 6.07) is 11.1. The molecule has 0 fully saturated rings. The Bertz CT molecular complexity index is 652. The minimum Gasteiger partial charge on any atom is -0.497 e. The number of nitrogen functional groups attached to an aromatic ring is 1. The molecule has 2 aromatic rings. The average molecular weight is 287 g/mol. The quantitative estimate of drug-likeness (QED) is 0.876. The number of benzene rings is 1. The second-order valence-corrected chi connectivity index (χ2v) is 5.08. The van der Waals surface area contributed by atoms with Crippen molar-refractivity contribution in [2.24, 2.45) is 0 Å². The van der Waals surface area contributed by atoms with Gasteiger partial charge in [-0.1, -0.05) is 12.1 Å². The van der Waals surface area contributed by atoms with Crippen LogP contribution in [0.4, 0.5) is 5.69 Å². The summed E-state index contributed by atoms with van der Waals surface area (Å²) in [6.07, 6.45) is 1.68. The Balaban J connectivity index is 1.94. The monoisotopic (exact) mass is 287 g/mol. The molecule has 0 amide bonds. The molecule has 0 radical (unpaired) electrons. The van der Waals surface area contributed by atoms with E-state index >= 15 is 0 Å². The number of anilines is 1. The van der Waals surface area contributed by atoms with Gasteiger partial charge in [0, 0.05) is 37.6 Å². The molecule has 1 aromatic heterocycles. The number of likely N-dealkylation sites (N-methyl/N-ethyl adjacent to an activating group) is 1. The second-order valence-electron chi connectivity index (χ2n) is 5.08. The first-order valence-corrected chi connectivity index (χ1v) is 6.86. The number of methoxy groups -OCH3 is 1.